The zero-order valence-electron chi connectivity index (χ0n) is 26.1. The zero-order chi connectivity index (χ0) is 31.9. The second-order valence-corrected chi connectivity index (χ2v) is 12.0. The van der Waals surface area contributed by atoms with Gasteiger partial charge in [-0.3, -0.25) is 0 Å². The van der Waals surface area contributed by atoms with Crippen molar-refractivity contribution in [3.05, 3.63) is 176 Å². The van der Waals surface area contributed by atoms with Crippen molar-refractivity contribution in [3.8, 4) is 56.4 Å². The summed E-state index contributed by atoms with van der Waals surface area (Å²) >= 11 is 0. The van der Waals surface area contributed by atoms with Crippen LogP contribution in [0.3, 0.4) is 0 Å². The molecule has 1 heterocycles. The summed E-state index contributed by atoms with van der Waals surface area (Å²) in [6.45, 7) is 0. The van der Waals surface area contributed by atoms with Crippen LogP contribution in [0.4, 0.5) is 0 Å². The quantitative estimate of drug-likeness (QED) is 0.194. The Morgan fingerprint density at radius 3 is 1.48 bits per heavy atom. The van der Waals surface area contributed by atoms with Gasteiger partial charge in [-0.1, -0.05) is 158 Å². The fourth-order valence-corrected chi connectivity index (χ4v) is 6.72. The maximum Gasteiger partial charge on any atom is 0.164 e. The second-order valence-electron chi connectivity index (χ2n) is 12.0. The molecule has 3 nitrogen and oxygen atoms in total. The van der Waals surface area contributed by atoms with Gasteiger partial charge in [0, 0.05) is 16.7 Å². The third-order valence-corrected chi connectivity index (χ3v) is 9.12. The minimum Gasteiger partial charge on any atom is -0.208 e. The van der Waals surface area contributed by atoms with E-state index in [0.29, 0.717) is 17.5 Å². The number of hydrogen-bond donors (Lipinski definition) is 0. The Bertz CT molecular complexity index is 2600. The van der Waals surface area contributed by atoms with Gasteiger partial charge in [0.05, 0.1) is 0 Å². The van der Waals surface area contributed by atoms with Crippen LogP contribution in [0.25, 0.3) is 88.7 Å². The molecule has 0 aliphatic rings. The van der Waals surface area contributed by atoms with Crippen LogP contribution in [0.1, 0.15) is 0 Å². The average molecular weight is 612 g/mol. The van der Waals surface area contributed by atoms with E-state index in [2.05, 4.69) is 170 Å². The number of fused-ring (bicyclic) bond motifs is 3. The van der Waals surface area contributed by atoms with Crippen LogP contribution < -0.4 is 0 Å². The van der Waals surface area contributed by atoms with Crippen LogP contribution in [-0.2, 0) is 0 Å². The van der Waals surface area contributed by atoms with Crippen molar-refractivity contribution in [2.75, 3.05) is 0 Å². The van der Waals surface area contributed by atoms with Gasteiger partial charge in [-0.05, 0) is 72.8 Å². The van der Waals surface area contributed by atoms with Crippen LogP contribution in [0.15, 0.2) is 176 Å². The highest BCUT2D eigenvalue weighted by Gasteiger charge is 2.17. The van der Waals surface area contributed by atoms with Gasteiger partial charge in [-0.25, -0.2) is 15.0 Å². The summed E-state index contributed by atoms with van der Waals surface area (Å²) in [5.41, 5.74) is 7.67. The lowest BCUT2D eigenvalue weighted by Crippen LogP contribution is -2.01. The van der Waals surface area contributed by atoms with Crippen molar-refractivity contribution in [3.63, 3.8) is 0 Å². The van der Waals surface area contributed by atoms with Gasteiger partial charge in [0.25, 0.3) is 0 Å². The van der Waals surface area contributed by atoms with Crippen LogP contribution >= 0.6 is 0 Å². The minimum atomic E-state index is 0.646. The fraction of sp³-hybridized carbons (Fsp3) is 0. The molecule has 0 atom stereocenters. The molecule has 3 heteroatoms. The predicted molar refractivity (Wildman–Crippen MR) is 200 cm³/mol. The Morgan fingerprint density at radius 2 is 0.750 bits per heavy atom. The molecule has 0 spiro atoms. The van der Waals surface area contributed by atoms with Gasteiger partial charge >= 0.3 is 0 Å². The maximum absolute atomic E-state index is 5.19. The highest BCUT2D eigenvalue weighted by atomic mass is 15.0. The van der Waals surface area contributed by atoms with Gasteiger partial charge in [0.2, 0.25) is 0 Å². The molecule has 0 saturated heterocycles. The summed E-state index contributed by atoms with van der Waals surface area (Å²) in [7, 11) is 0. The Morgan fingerprint density at radius 1 is 0.250 bits per heavy atom. The lowest BCUT2D eigenvalue weighted by molar-refractivity contribution is 1.08. The van der Waals surface area contributed by atoms with Gasteiger partial charge in [-0.2, -0.15) is 0 Å². The second kappa shape index (κ2) is 11.7. The summed E-state index contributed by atoms with van der Waals surface area (Å²) in [4.78, 5) is 15.5. The molecule has 0 aliphatic heterocycles. The summed E-state index contributed by atoms with van der Waals surface area (Å²) in [6, 6.07) is 61.7. The van der Waals surface area contributed by atoms with Crippen molar-refractivity contribution in [1.82, 2.24) is 15.0 Å². The van der Waals surface area contributed by atoms with Crippen molar-refractivity contribution in [2.45, 2.75) is 0 Å². The monoisotopic (exact) mass is 611 g/mol. The first-order chi connectivity index (χ1) is 23.8. The lowest BCUT2D eigenvalue weighted by atomic mass is 9.94. The molecular formula is C45H29N3. The van der Waals surface area contributed by atoms with Gasteiger partial charge in [-0.15, -0.1) is 0 Å². The topological polar surface area (TPSA) is 38.7 Å². The van der Waals surface area contributed by atoms with Crippen LogP contribution in [0.5, 0.6) is 0 Å². The first-order valence-electron chi connectivity index (χ1n) is 16.2. The highest BCUT2D eigenvalue weighted by Crippen LogP contribution is 2.37. The molecule has 1 aromatic heterocycles. The fourth-order valence-electron chi connectivity index (χ4n) is 6.72. The zero-order valence-corrected chi connectivity index (χ0v) is 26.1. The summed E-state index contributed by atoms with van der Waals surface area (Å²) in [5, 5.41) is 6.83. The standard InChI is InChI=1S/C45H29N3/c1-3-12-30(13-4-1)33-22-23-35-29-36(25-24-34(35)28-33)43-46-44(41-21-11-17-32-16-7-8-18-37(32)41)48-45(47-43)42-27-26-38(31-14-5-2-6-15-31)39-19-9-10-20-40(39)42/h1-29H. The number of benzene rings is 8. The van der Waals surface area contributed by atoms with Gasteiger partial charge in [0.15, 0.2) is 17.5 Å². The van der Waals surface area contributed by atoms with E-state index >= 15 is 0 Å². The maximum atomic E-state index is 5.19. The highest BCUT2D eigenvalue weighted by molar-refractivity contribution is 6.04. The van der Waals surface area contributed by atoms with E-state index in [0.717, 1.165) is 43.6 Å². The van der Waals surface area contributed by atoms with Gasteiger partial charge in [0.1, 0.15) is 0 Å². The van der Waals surface area contributed by atoms with Crippen molar-refractivity contribution < 1.29 is 0 Å². The van der Waals surface area contributed by atoms with E-state index in [4.69, 9.17) is 15.0 Å². The largest absolute Gasteiger partial charge is 0.208 e. The molecule has 0 fully saturated rings. The number of aromatic nitrogens is 3. The molecule has 0 amide bonds. The van der Waals surface area contributed by atoms with Crippen molar-refractivity contribution in [2.24, 2.45) is 0 Å². The first kappa shape index (κ1) is 27.8. The van der Waals surface area contributed by atoms with Gasteiger partial charge < -0.3 is 0 Å². The number of nitrogens with zero attached hydrogens (tertiary/aromatic N) is 3. The molecule has 48 heavy (non-hydrogen) atoms. The van der Waals surface area contributed by atoms with E-state index < -0.39 is 0 Å². The minimum absolute atomic E-state index is 0.646. The van der Waals surface area contributed by atoms with E-state index in [-0.39, 0.29) is 0 Å². The molecule has 9 aromatic rings. The molecule has 0 N–H and O–H groups in total. The molecule has 0 saturated carbocycles. The van der Waals surface area contributed by atoms with Crippen molar-refractivity contribution >= 4 is 32.3 Å². The van der Waals surface area contributed by atoms with E-state index in [1.807, 2.05) is 6.07 Å². The molecule has 0 unspecified atom stereocenters. The molecule has 0 bridgehead atoms. The average Bonchev–Trinajstić information content (AvgIpc) is 3.17. The molecule has 0 radical (unpaired) electrons. The number of rotatable bonds is 5. The molecule has 8 aromatic carbocycles. The molecular weight excluding hydrogens is 583 g/mol. The van der Waals surface area contributed by atoms with Crippen molar-refractivity contribution in [1.29, 1.82) is 0 Å². The Labute approximate surface area is 278 Å². The van der Waals surface area contributed by atoms with Crippen LogP contribution in [0.2, 0.25) is 0 Å². The predicted octanol–water partition coefficient (Wildman–Crippen LogP) is 11.7. The SMILES string of the molecule is c1ccc(-c2ccc3cc(-c4nc(-c5cccc6ccccc56)nc(-c5ccc(-c6ccccc6)c6ccccc56)n4)ccc3c2)cc1. The Hall–Kier alpha value is -6.45. The third-order valence-electron chi connectivity index (χ3n) is 9.12. The van der Waals surface area contributed by atoms with Crippen LogP contribution in [0, 0.1) is 0 Å². The Balaban J connectivity index is 1.25. The van der Waals surface area contributed by atoms with E-state index in [1.54, 1.807) is 0 Å². The van der Waals surface area contributed by atoms with Crippen LogP contribution in [-0.4, -0.2) is 15.0 Å². The molecule has 0 aliphatic carbocycles. The normalized spacial score (nSPS) is 11.3. The molecule has 224 valence electrons. The molecule has 9 rings (SSSR count). The summed E-state index contributed by atoms with van der Waals surface area (Å²) in [6.07, 6.45) is 0. The smallest absolute Gasteiger partial charge is 0.164 e. The third kappa shape index (κ3) is 4.99. The first-order valence-corrected chi connectivity index (χ1v) is 16.2. The van der Waals surface area contributed by atoms with E-state index in [1.165, 1.54) is 27.6 Å². The number of hydrogen-bond acceptors (Lipinski definition) is 3. The van der Waals surface area contributed by atoms with E-state index in [9.17, 15) is 0 Å². The Kier molecular flexibility index (Phi) is 6.80. The summed E-state index contributed by atoms with van der Waals surface area (Å²) in [5.74, 6) is 1.95. The lowest BCUT2D eigenvalue weighted by Gasteiger charge is -2.14. The summed E-state index contributed by atoms with van der Waals surface area (Å²) < 4.78 is 0.